The largest absolute Gasteiger partial charge is 0.373 e. The van der Waals surface area contributed by atoms with Crippen molar-refractivity contribution in [1.29, 1.82) is 0 Å². The maximum Gasteiger partial charge on any atom is 0.223 e. The number of nitrogen functional groups attached to an aromatic ring is 1. The predicted molar refractivity (Wildman–Crippen MR) is 74.8 cm³/mol. The number of rotatable bonds is 6. The molecule has 2 rings (SSSR count). The average Bonchev–Trinajstić information content (AvgIpc) is 2.87. The first kappa shape index (κ1) is 12.9. The highest BCUT2D eigenvalue weighted by Crippen LogP contribution is 2.12. The average molecular weight is 250 g/mol. The highest BCUT2D eigenvalue weighted by atomic mass is 15.1. The van der Waals surface area contributed by atoms with Gasteiger partial charge in [0.2, 0.25) is 5.95 Å². The zero-order chi connectivity index (χ0) is 12.8. The lowest BCUT2D eigenvalue weighted by Gasteiger charge is -2.14. The van der Waals surface area contributed by atoms with Crippen LogP contribution in [0, 0.1) is 0 Å². The van der Waals surface area contributed by atoms with Gasteiger partial charge in [0.05, 0.1) is 0 Å². The lowest BCUT2D eigenvalue weighted by Crippen LogP contribution is -2.22. The summed E-state index contributed by atoms with van der Waals surface area (Å²) in [7, 11) is 1.82. The highest BCUT2D eigenvalue weighted by Gasteiger charge is 2.10. The Bertz CT molecular complexity index is 375. The van der Waals surface area contributed by atoms with Gasteiger partial charge in [0, 0.05) is 19.7 Å². The van der Waals surface area contributed by atoms with Crippen LogP contribution in [-0.4, -0.2) is 48.1 Å². The van der Waals surface area contributed by atoms with Crippen molar-refractivity contribution in [3.63, 3.8) is 0 Å². The molecule has 1 aliphatic rings. The molecular weight excluding hydrogens is 228 g/mol. The number of hydrogen-bond donors (Lipinski definition) is 3. The van der Waals surface area contributed by atoms with E-state index in [2.05, 4.69) is 25.5 Å². The first-order valence-electron chi connectivity index (χ1n) is 6.56. The quantitative estimate of drug-likeness (QED) is 0.654. The summed E-state index contributed by atoms with van der Waals surface area (Å²) < 4.78 is 0. The molecule has 1 aromatic heterocycles. The molecule has 0 amide bonds. The summed E-state index contributed by atoms with van der Waals surface area (Å²) >= 11 is 0. The number of nitrogens with zero attached hydrogens (tertiary/aromatic N) is 3. The Morgan fingerprint density at radius 1 is 1.28 bits per heavy atom. The van der Waals surface area contributed by atoms with Crippen molar-refractivity contribution in [2.24, 2.45) is 0 Å². The van der Waals surface area contributed by atoms with Crippen molar-refractivity contribution in [2.75, 3.05) is 49.6 Å². The Balaban J connectivity index is 1.73. The van der Waals surface area contributed by atoms with E-state index in [-0.39, 0.29) is 0 Å². The summed E-state index contributed by atoms with van der Waals surface area (Å²) in [6.45, 7) is 4.58. The lowest BCUT2D eigenvalue weighted by atomic mass is 10.4. The van der Waals surface area contributed by atoms with E-state index in [9.17, 15) is 0 Å². The van der Waals surface area contributed by atoms with Gasteiger partial charge < -0.3 is 21.3 Å². The van der Waals surface area contributed by atoms with Crippen molar-refractivity contribution in [2.45, 2.75) is 19.3 Å². The van der Waals surface area contributed by atoms with E-state index in [4.69, 9.17) is 5.73 Å². The monoisotopic (exact) mass is 250 g/mol. The number of anilines is 3. The second-order valence-corrected chi connectivity index (χ2v) is 4.58. The van der Waals surface area contributed by atoms with Crippen LogP contribution in [0.4, 0.5) is 17.6 Å². The summed E-state index contributed by atoms with van der Waals surface area (Å²) in [4.78, 5) is 10.7. The summed E-state index contributed by atoms with van der Waals surface area (Å²) in [6, 6.07) is 1.87. The Labute approximate surface area is 108 Å². The standard InChI is InChI=1S/C12H22N6/c1-14-10-9-11(17-12(13)16-10)15-5-4-8-18-6-2-3-7-18/h9H,2-8H2,1H3,(H4,13,14,15,16,17). The summed E-state index contributed by atoms with van der Waals surface area (Å²) in [5, 5.41) is 6.25. The zero-order valence-corrected chi connectivity index (χ0v) is 10.9. The van der Waals surface area contributed by atoms with E-state index >= 15 is 0 Å². The second kappa shape index (κ2) is 6.39. The molecule has 0 aliphatic carbocycles. The lowest BCUT2D eigenvalue weighted by molar-refractivity contribution is 0.337. The Morgan fingerprint density at radius 2 is 2.00 bits per heavy atom. The van der Waals surface area contributed by atoms with Crippen LogP contribution in [0.15, 0.2) is 6.07 Å². The molecule has 0 bridgehead atoms. The maximum atomic E-state index is 5.63. The van der Waals surface area contributed by atoms with E-state index in [0.29, 0.717) is 5.95 Å². The minimum Gasteiger partial charge on any atom is -0.373 e. The predicted octanol–water partition coefficient (Wildman–Crippen LogP) is 0.998. The maximum absolute atomic E-state index is 5.63. The molecule has 2 heterocycles. The fourth-order valence-corrected chi connectivity index (χ4v) is 2.21. The van der Waals surface area contributed by atoms with Crippen LogP contribution in [-0.2, 0) is 0 Å². The van der Waals surface area contributed by atoms with Gasteiger partial charge in [-0.25, -0.2) is 0 Å². The van der Waals surface area contributed by atoms with E-state index in [1.165, 1.54) is 25.9 Å². The van der Waals surface area contributed by atoms with E-state index in [1.54, 1.807) is 0 Å². The smallest absolute Gasteiger partial charge is 0.223 e. The summed E-state index contributed by atoms with van der Waals surface area (Å²) in [5.74, 6) is 1.82. The van der Waals surface area contributed by atoms with E-state index in [1.807, 2.05) is 13.1 Å². The van der Waals surface area contributed by atoms with Crippen molar-refractivity contribution < 1.29 is 0 Å². The van der Waals surface area contributed by atoms with Crippen LogP contribution in [0.3, 0.4) is 0 Å². The van der Waals surface area contributed by atoms with Crippen LogP contribution < -0.4 is 16.4 Å². The molecule has 0 unspecified atom stereocenters. The van der Waals surface area contributed by atoms with Crippen LogP contribution in [0.1, 0.15) is 19.3 Å². The van der Waals surface area contributed by atoms with Gasteiger partial charge in [-0.2, -0.15) is 9.97 Å². The number of likely N-dealkylation sites (tertiary alicyclic amines) is 1. The van der Waals surface area contributed by atoms with E-state index < -0.39 is 0 Å². The molecule has 0 spiro atoms. The Morgan fingerprint density at radius 3 is 2.72 bits per heavy atom. The fraction of sp³-hybridized carbons (Fsp3) is 0.667. The molecule has 100 valence electrons. The molecule has 1 fully saturated rings. The van der Waals surface area contributed by atoms with Gasteiger partial charge in [-0.15, -0.1) is 0 Å². The molecule has 4 N–H and O–H groups in total. The number of aromatic nitrogens is 2. The van der Waals surface area contributed by atoms with Crippen molar-refractivity contribution in [3.05, 3.63) is 6.07 Å². The minimum atomic E-state index is 0.295. The minimum absolute atomic E-state index is 0.295. The second-order valence-electron chi connectivity index (χ2n) is 4.58. The number of nitrogens with two attached hydrogens (primary N) is 1. The topological polar surface area (TPSA) is 79.1 Å². The van der Waals surface area contributed by atoms with Gasteiger partial charge in [0.15, 0.2) is 0 Å². The summed E-state index contributed by atoms with van der Waals surface area (Å²) in [6.07, 6.45) is 3.82. The molecule has 0 aromatic carbocycles. The highest BCUT2D eigenvalue weighted by molar-refractivity contribution is 5.50. The van der Waals surface area contributed by atoms with Crippen LogP contribution in [0.25, 0.3) is 0 Å². The van der Waals surface area contributed by atoms with Gasteiger partial charge >= 0.3 is 0 Å². The molecule has 1 aromatic rings. The molecule has 6 nitrogen and oxygen atoms in total. The molecule has 0 atom stereocenters. The molecular formula is C12H22N6. The number of hydrogen-bond acceptors (Lipinski definition) is 6. The SMILES string of the molecule is CNc1cc(NCCCN2CCCC2)nc(N)n1. The zero-order valence-electron chi connectivity index (χ0n) is 10.9. The van der Waals surface area contributed by atoms with Crippen LogP contribution in [0.5, 0.6) is 0 Å². The van der Waals surface area contributed by atoms with Crippen molar-refractivity contribution in [1.82, 2.24) is 14.9 Å². The third-order valence-electron chi connectivity index (χ3n) is 3.16. The Hall–Kier alpha value is -1.56. The van der Waals surface area contributed by atoms with Crippen LogP contribution in [0.2, 0.25) is 0 Å². The molecule has 6 heteroatoms. The van der Waals surface area contributed by atoms with Crippen molar-refractivity contribution >= 4 is 17.6 Å². The molecule has 0 saturated carbocycles. The fourth-order valence-electron chi connectivity index (χ4n) is 2.21. The third kappa shape index (κ3) is 3.73. The molecule has 0 radical (unpaired) electrons. The van der Waals surface area contributed by atoms with Gasteiger partial charge in [-0.05, 0) is 38.9 Å². The molecule has 1 saturated heterocycles. The summed E-state index contributed by atoms with van der Waals surface area (Å²) in [5.41, 5.74) is 5.63. The molecule has 18 heavy (non-hydrogen) atoms. The molecule has 1 aliphatic heterocycles. The van der Waals surface area contributed by atoms with E-state index in [0.717, 1.165) is 31.1 Å². The van der Waals surface area contributed by atoms with Gasteiger partial charge in [0.1, 0.15) is 11.6 Å². The normalized spacial score (nSPS) is 15.8. The first-order chi connectivity index (χ1) is 8.78. The number of nitrogens with one attached hydrogen (secondary N) is 2. The first-order valence-corrected chi connectivity index (χ1v) is 6.56. The van der Waals surface area contributed by atoms with Gasteiger partial charge in [0.25, 0.3) is 0 Å². The Kier molecular flexibility index (Phi) is 4.58. The third-order valence-corrected chi connectivity index (χ3v) is 3.16. The van der Waals surface area contributed by atoms with Gasteiger partial charge in [-0.1, -0.05) is 0 Å². The van der Waals surface area contributed by atoms with Crippen LogP contribution >= 0.6 is 0 Å². The van der Waals surface area contributed by atoms with Gasteiger partial charge in [-0.3, -0.25) is 0 Å². The van der Waals surface area contributed by atoms with Crippen molar-refractivity contribution in [3.8, 4) is 0 Å².